The van der Waals surface area contributed by atoms with Crippen molar-refractivity contribution in [1.82, 2.24) is 4.90 Å². The minimum Gasteiger partial charge on any atom is -0.333 e. The van der Waals surface area contributed by atoms with E-state index in [1.165, 1.54) is 44.1 Å². The summed E-state index contributed by atoms with van der Waals surface area (Å²) in [6.07, 6.45) is 11.1. The van der Waals surface area contributed by atoms with Crippen molar-refractivity contribution in [2.75, 3.05) is 0 Å². The SMILES string of the molecule is Cc1ccc(C=CC(=O)N(C2CCCC2)C2CC2)cc1. The van der Waals surface area contributed by atoms with Crippen LogP contribution < -0.4 is 0 Å². The van der Waals surface area contributed by atoms with Gasteiger partial charge in [-0.2, -0.15) is 0 Å². The molecule has 1 amide bonds. The van der Waals surface area contributed by atoms with Crippen molar-refractivity contribution >= 4 is 12.0 Å². The molecule has 20 heavy (non-hydrogen) atoms. The Balaban J connectivity index is 1.68. The summed E-state index contributed by atoms with van der Waals surface area (Å²) in [6, 6.07) is 9.32. The minimum atomic E-state index is 0.208. The number of benzene rings is 1. The standard InChI is InChI=1S/C18H23NO/c1-14-6-8-15(9-7-14)10-13-18(20)19(17-11-12-17)16-4-2-3-5-16/h6-10,13,16-17H,2-5,11-12H2,1H3. The molecule has 2 nitrogen and oxygen atoms in total. The Morgan fingerprint density at radius 3 is 2.25 bits per heavy atom. The van der Waals surface area contributed by atoms with Crippen LogP contribution >= 0.6 is 0 Å². The van der Waals surface area contributed by atoms with Gasteiger partial charge in [-0.25, -0.2) is 0 Å². The lowest BCUT2D eigenvalue weighted by Crippen LogP contribution is -2.39. The van der Waals surface area contributed by atoms with Crippen molar-refractivity contribution in [3.8, 4) is 0 Å². The third-order valence-electron chi connectivity index (χ3n) is 4.41. The average molecular weight is 269 g/mol. The van der Waals surface area contributed by atoms with E-state index in [0.29, 0.717) is 12.1 Å². The number of amides is 1. The van der Waals surface area contributed by atoms with Gasteiger partial charge in [-0.1, -0.05) is 42.7 Å². The van der Waals surface area contributed by atoms with Crippen molar-refractivity contribution in [3.05, 3.63) is 41.5 Å². The lowest BCUT2D eigenvalue weighted by atomic mass is 10.1. The van der Waals surface area contributed by atoms with E-state index in [1.807, 2.05) is 6.08 Å². The van der Waals surface area contributed by atoms with Gasteiger partial charge in [0.1, 0.15) is 0 Å². The first-order chi connectivity index (χ1) is 9.74. The van der Waals surface area contributed by atoms with E-state index in [4.69, 9.17) is 0 Å². The third-order valence-corrected chi connectivity index (χ3v) is 4.41. The van der Waals surface area contributed by atoms with Gasteiger partial charge < -0.3 is 4.90 Å². The Kier molecular flexibility index (Phi) is 3.90. The molecular formula is C18H23NO. The van der Waals surface area contributed by atoms with Crippen LogP contribution in [-0.4, -0.2) is 22.9 Å². The summed E-state index contributed by atoms with van der Waals surface area (Å²) in [5, 5.41) is 0. The maximum Gasteiger partial charge on any atom is 0.247 e. The molecule has 0 saturated heterocycles. The summed E-state index contributed by atoms with van der Waals surface area (Å²) in [5.74, 6) is 0.208. The molecule has 0 bridgehead atoms. The molecule has 0 atom stereocenters. The second kappa shape index (κ2) is 5.82. The highest BCUT2D eigenvalue weighted by molar-refractivity contribution is 5.92. The van der Waals surface area contributed by atoms with Gasteiger partial charge in [-0.15, -0.1) is 0 Å². The Labute approximate surface area is 121 Å². The van der Waals surface area contributed by atoms with Crippen molar-refractivity contribution < 1.29 is 4.79 Å². The Morgan fingerprint density at radius 1 is 1.05 bits per heavy atom. The van der Waals surface area contributed by atoms with Gasteiger partial charge in [0.25, 0.3) is 0 Å². The molecule has 0 unspecified atom stereocenters. The third kappa shape index (κ3) is 3.12. The maximum absolute atomic E-state index is 12.5. The molecule has 3 rings (SSSR count). The molecule has 0 spiro atoms. The van der Waals surface area contributed by atoms with Crippen LogP contribution in [0.25, 0.3) is 6.08 Å². The van der Waals surface area contributed by atoms with Crippen LogP contribution in [0.2, 0.25) is 0 Å². The highest BCUT2D eigenvalue weighted by atomic mass is 16.2. The second-order valence-electron chi connectivity index (χ2n) is 6.16. The van der Waals surface area contributed by atoms with E-state index in [9.17, 15) is 4.79 Å². The molecule has 2 fully saturated rings. The normalized spacial score (nSPS) is 19.6. The van der Waals surface area contributed by atoms with Crippen LogP contribution in [0.5, 0.6) is 0 Å². The van der Waals surface area contributed by atoms with Gasteiger partial charge >= 0.3 is 0 Å². The number of carbonyl (C=O) groups is 1. The number of aryl methyl sites for hydroxylation is 1. The topological polar surface area (TPSA) is 20.3 Å². The molecule has 2 aliphatic rings. The number of nitrogens with zero attached hydrogens (tertiary/aromatic N) is 1. The summed E-state index contributed by atoms with van der Waals surface area (Å²) >= 11 is 0. The van der Waals surface area contributed by atoms with Crippen LogP contribution in [0.15, 0.2) is 30.3 Å². The van der Waals surface area contributed by atoms with Crippen LogP contribution in [-0.2, 0) is 4.79 Å². The van der Waals surface area contributed by atoms with Gasteiger partial charge in [0.15, 0.2) is 0 Å². The lowest BCUT2D eigenvalue weighted by molar-refractivity contribution is -0.128. The van der Waals surface area contributed by atoms with Crippen LogP contribution in [0, 0.1) is 6.92 Å². The molecule has 0 N–H and O–H groups in total. The van der Waals surface area contributed by atoms with E-state index in [1.54, 1.807) is 6.08 Å². The summed E-state index contributed by atoms with van der Waals surface area (Å²) in [4.78, 5) is 14.7. The van der Waals surface area contributed by atoms with E-state index in [2.05, 4.69) is 36.1 Å². The van der Waals surface area contributed by atoms with Crippen molar-refractivity contribution in [3.63, 3.8) is 0 Å². The molecule has 1 aromatic rings. The van der Waals surface area contributed by atoms with E-state index in [0.717, 1.165) is 5.56 Å². The molecular weight excluding hydrogens is 246 g/mol. The fraction of sp³-hybridized carbons (Fsp3) is 0.500. The van der Waals surface area contributed by atoms with Gasteiger partial charge in [-0.3, -0.25) is 4.79 Å². The zero-order valence-electron chi connectivity index (χ0n) is 12.2. The molecule has 106 valence electrons. The first-order valence-corrected chi connectivity index (χ1v) is 7.81. The van der Waals surface area contributed by atoms with E-state index in [-0.39, 0.29) is 5.91 Å². The molecule has 2 aliphatic carbocycles. The van der Waals surface area contributed by atoms with Gasteiger partial charge in [0.2, 0.25) is 5.91 Å². The smallest absolute Gasteiger partial charge is 0.247 e. The summed E-state index contributed by atoms with van der Waals surface area (Å²) in [7, 11) is 0. The van der Waals surface area contributed by atoms with Gasteiger partial charge in [0, 0.05) is 18.2 Å². The number of hydrogen-bond donors (Lipinski definition) is 0. The monoisotopic (exact) mass is 269 g/mol. The Hall–Kier alpha value is -1.57. The predicted octanol–water partition coefficient (Wildman–Crippen LogP) is 3.94. The van der Waals surface area contributed by atoms with Crippen molar-refractivity contribution in [1.29, 1.82) is 0 Å². The molecule has 2 saturated carbocycles. The molecule has 0 heterocycles. The number of rotatable bonds is 4. The molecule has 0 radical (unpaired) electrons. The molecule has 0 aromatic heterocycles. The molecule has 0 aliphatic heterocycles. The fourth-order valence-electron chi connectivity index (χ4n) is 3.12. The zero-order valence-corrected chi connectivity index (χ0v) is 12.2. The van der Waals surface area contributed by atoms with Gasteiger partial charge in [-0.05, 0) is 44.2 Å². The van der Waals surface area contributed by atoms with Crippen LogP contribution in [0.4, 0.5) is 0 Å². The highest BCUT2D eigenvalue weighted by Crippen LogP contribution is 2.34. The predicted molar refractivity (Wildman–Crippen MR) is 82.3 cm³/mol. The summed E-state index contributed by atoms with van der Waals surface area (Å²) < 4.78 is 0. The largest absolute Gasteiger partial charge is 0.333 e. The number of hydrogen-bond acceptors (Lipinski definition) is 1. The first-order valence-electron chi connectivity index (χ1n) is 7.81. The molecule has 2 heteroatoms. The van der Waals surface area contributed by atoms with Crippen LogP contribution in [0.1, 0.15) is 49.7 Å². The quantitative estimate of drug-likeness (QED) is 0.758. The van der Waals surface area contributed by atoms with Crippen LogP contribution in [0.3, 0.4) is 0 Å². The summed E-state index contributed by atoms with van der Waals surface area (Å²) in [5.41, 5.74) is 2.35. The Morgan fingerprint density at radius 2 is 1.65 bits per heavy atom. The maximum atomic E-state index is 12.5. The number of carbonyl (C=O) groups excluding carboxylic acids is 1. The minimum absolute atomic E-state index is 0.208. The second-order valence-corrected chi connectivity index (χ2v) is 6.16. The molecule has 1 aromatic carbocycles. The first kappa shape index (κ1) is 13.4. The Bertz CT molecular complexity index is 493. The van der Waals surface area contributed by atoms with E-state index >= 15 is 0 Å². The highest BCUT2D eigenvalue weighted by Gasteiger charge is 2.37. The zero-order chi connectivity index (χ0) is 13.9. The van der Waals surface area contributed by atoms with Crippen molar-refractivity contribution in [2.24, 2.45) is 0 Å². The summed E-state index contributed by atoms with van der Waals surface area (Å²) in [6.45, 7) is 2.08. The van der Waals surface area contributed by atoms with Crippen molar-refractivity contribution in [2.45, 2.75) is 57.5 Å². The average Bonchev–Trinajstić information content (AvgIpc) is 3.13. The fourth-order valence-corrected chi connectivity index (χ4v) is 3.12. The van der Waals surface area contributed by atoms with Gasteiger partial charge in [0.05, 0.1) is 0 Å². The lowest BCUT2D eigenvalue weighted by Gasteiger charge is -2.27. The van der Waals surface area contributed by atoms with E-state index < -0.39 is 0 Å².